The summed E-state index contributed by atoms with van der Waals surface area (Å²) in [5.41, 5.74) is 1.74. The largest absolute Gasteiger partial charge is 0.507 e. The SMILES string of the molecule is Cc1n(CCNC(=O)Cc2cccc(C3CCCC3)c2O)cc[n+]1C. The van der Waals surface area contributed by atoms with Gasteiger partial charge in [-0.2, -0.15) is 0 Å². The van der Waals surface area contributed by atoms with Crippen LogP contribution in [0.1, 0.15) is 48.6 Å². The minimum atomic E-state index is -0.0481. The molecule has 1 amide bonds. The van der Waals surface area contributed by atoms with E-state index in [0.29, 0.717) is 18.2 Å². The van der Waals surface area contributed by atoms with Gasteiger partial charge >= 0.3 is 0 Å². The van der Waals surface area contributed by atoms with E-state index in [1.165, 1.54) is 12.8 Å². The number of rotatable bonds is 6. The van der Waals surface area contributed by atoms with Crippen molar-refractivity contribution in [2.75, 3.05) is 6.54 Å². The average Bonchev–Trinajstić information content (AvgIpc) is 3.22. The first kappa shape index (κ1) is 17.5. The number of hydrogen-bond acceptors (Lipinski definition) is 2. The molecule has 1 heterocycles. The number of carbonyl (C=O) groups excluding carboxylic acids is 1. The lowest BCUT2D eigenvalue weighted by atomic mass is 9.94. The highest BCUT2D eigenvalue weighted by Gasteiger charge is 2.21. The molecule has 2 aromatic rings. The highest BCUT2D eigenvalue weighted by molar-refractivity contribution is 5.79. The second-order valence-corrected chi connectivity index (χ2v) is 7.01. The van der Waals surface area contributed by atoms with Gasteiger partial charge in [-0.3, -0.25) is 4.79 Å². The van der Waals surface area contributed by atoms with Crippen LogP contribution in [0.15, 0.2) is 30.6 Å². The fraction of sp³-hybridized carbons (Fsp3) is 0.500. The molecule has 0 aliphatic heterocycles. The smallest absolute Gasteiger partial charge is 0.253 e. The summed E-state index contributed by atoms with van der Waals surface area (Å²) in [4.78, 5) is 12.2. The van der Waals surface area contributed by atoms with Crippen molar-refractivity contribution >= 4 is 5.91 Å². The molecule has 134 valence electrons. The molecule has 0 bridgehead atoms. The summed E-state index contributed by atoms with van der Waals surface area (Å²) in [5, 5.41) is 13.5. The molecule has 25 heavy (non-hydrogen) atoms. The van der Waals surface area contributed by atoms with Crippen molar-refractivity contribution in [3.05, 3.63) is 47.5 Å². The van der Waals surface area contributed by atoms with Crippen molar-refractivity contribution in [2.45, 2.75) is 51.5 Å². The number of imidazole rings is 1. The summed E-state index contributed by atoms with van der Waals surface area (Å²) in [6.07, 6.45) is 8.97. The number of hydrogen-bond donors (Lipinski definition) is 2. The van der Waals surface area contributed by atoms with Crippen molar-refractivity contribution in [3.63, 3.8) is 0 Å². The van der Waals surface area contributed by atoms with Gasteiger partial charge in [0.25, 0.3) is 5.82 Å². The van der Waals surface area contributed by atoms with Crippen LogP contribution in [0.25, 0.3) is 0 Å². The summed E-state index contributed by atoms with van der Waals surface area (Å²) in [5.74, 6) is 1.86. The van der Waals surface area contributed by atoms with Gasteiger partial charge in [0.15, 0.2) is 0 Å². The number of carbonyl (C=O) groups is 1. The molecule has 3 rings (SSSR count). The van der Waals surface area contributed by atoms with Crippen LogP contribution < -0.4 is 9.88 Å². The van der Waals surface area contributed by atoms with E-state index in [9.17, 15) is 9.90 Å². The van der Waals surface area contributed by atoms with E-state index >= 15 is 0 Å². The predicted octanol–water partition coefficient (Wildman–Crippen LogP) is 2.34. The first-order valence-electron chi connectivity index (χ1n) is 9.15. The second kappa shape index (κ2) is 7.72. The molecule has 1 aliphatic carbocycles. The molecule has 2 N–H and O–H groups in total. The van der Waals surface area contributed by atoms with E-state index in [0.717, 1.165) is 36.3 Å². The van der Waals surface area contributed by atoms with Gasteiger partial charge in [0.05, 0.1) is 20.0 Å². The van der Waals surface area contributed by atoms with Crippen LogP contribution in [0.4, 0.5) is 0 Å². The molecule has 0 atom stereocenters. The fourth-order valence-electron chi connectivity index (χ4n) is 3.71. The molecule has 1 aliphatic rings. The Morgan fingerprint density at radius 1 is 1.36 bits per heavy atom. The molecule has 0 spiro atoms. The maximum atomic E-state index is 12.2. The van der Waals surface area contributed by atoms with E-state index in [2.05, 4.69) is 9.88 Å². The Morgan fingerprint density at radius 2 is 2.12 bits per heavy atom. The van der Waals surface area contributed by atoms with Crippen LogP contribution in [0.5, 0.6) is 5.75 Å². The topological polar surface area (TPSA) is 58.1 Å². The van der Waals surface area contributed by atoms with Gasteiger partial charge < -0.3 is 10.4 Å². The molecule has 5 heteroatoms. The number of aromatic hydroxyl groups is 1. The van der Waals surface area contributed by atoms with Crippen molar-refractivity contribution < 1.29 is 14.5 Å². The Kier molecular flexibility index (Phi) is 5.41. The van der Waals surface area contributed by atoms with Crippen LogP contribution in [-0.2, 0) is 24.8 Å². The number of aryl methyl sites for hydroxylation is 1. The lowest BCUT2D eigenvalue weighted by Crippen LogP contribution is -2.32. The zero-order valence-corrected chi connectivity index (χ0v) is 15.2. The zero-order valence-electron chi connectivity index (χ0n) is 15.2. The lowest BCUT2D eigenvalue weighted by molar-refractivity contribution is -0.677. The number of para-hydroxylation sites is 1. The molecule has 1 fully saturated rings. The van der Waals surface area contributed by atoms with Gasteiger partial charge in [0, 0.05) is 12.5 Å². The summed E-state index contributed by atoms with van der Waals surface area (Å²) in [6.45, 7) is 3.37. The normalized spacial score (nSPS) is 14.8. The second-order valence-electron chi connectivity index (χ2n) is 7.01. The zero-order chi connectivity index (χ0) is 17.8. The monoisotopic (exact) mass is 342 g/mol. The summed E-state index contributed by atoms with van der Waals surface area (Å²) < 4.78 is 4.16. The molecule has 1 aromatic heterocycles. The molecular weight excluding hydrogens is 314 g/mol. The summed E-state index contributed by atoms with van der Waals surface area (Å²) >= 11 is 0. The predicted molar refractivity (Wildman–Crippen MR) is 96.4 cm³/mol. The molecule has 0 unspecified atom stereocenters. The molecule has 0 saturated heterocycles. The highest BCUT2D eigenvalue weighted by Crippen LogP contribution is 2.39. The number of amides is 1. The molecule has 1 aromatic carbocycles. The van der Waals surface area contributed by atoms with Crippen LogP contribution >= 0.6 is 0 Å². The van der Waals surface area contributed by atoms with Gasteiger partial charge in [0.2, 0.25) is 5.91 Å². The third-order valence-corrected chi connectivity index (χ3v) is 5.37. The first-order valence-corrected chi connectivity index (χ1v) is 9.15. The Balaban J connectivity index is 1.55. The first-order chi connectivity index (χ1) is 12.1. The van der Waals surface area contributed by atoms with E-state index in [1.54, 1.807) is 0 Å². The molecule has 0 radical (unpaired) electrons. The van der Waals surface area contributed by atoms with Gasteiger partial charge in [-0.15, -0.1) is 0 Å². The number of nitrogens with one attached hydrogen (secondary N) is 1. The van der Waals surface area contributed by atoms with Crippen molar-refractivity contribution in [2.24, 2.45) is 7.05 Å². The lowest BCUT2D eigenvalue weighted by Gasteiger charge is -2.14. The third kappa shape index (κ3) is 4.03. The van der Waals surface area contributed by atoms with E-state index in [-0.39, 0.29) is 12.3 Å². The van der Waals surface area contributed by atoms with E-state index in [1.807, 2.05) is 49.1 Å². The number of phenols is 1. The Bertz CT molecular complexity index is 745. The van der Waals surface area contributed by atoms with E-state index in [4.69, 9.17) is 0 Å². The average molecular weight is 342 g/mol. The van der Waals surface area contributed by atoms with Crippen LogP contribution in [0, 0.1) is 6.92 Å². The minimum absolute atomic E-state index is 0.0481. The maximum Gasteiger partial charge on any atom is 0.253 e. The third-order valence-electron chi connectivity index (χ3n) is 5.37. The fourth-order valence-corrected chi connectivity index (χ4v) is 3.71. The maximum absolute atomic E-state index is 12.2. The highest BCUT2D eigenvalue weighted by atomic mass is 16.3. The minimum Gasteiger partial charge on any atom is -0.507 e. The van der Waals surface area contributed by atoms with Gasteiger partial charge in [-0.25, -0.2) is 9.13 Å². The van der Waals surface area contributed by atoms with Crippen LogP contribution in [0.2, 0.25) is 0 Å². The Morgan fingerprint density at radius 3 is 2.80 bits per heavy atom. The number of aromatic nitrogens is 2. The van der Waals surface area contributed by atoms with Gasteiger partial charge in [0.1, 0.15) is 24.7 Å². The van der Waals surface area contributed by atoms with Crippen molar-refractivity contribution in [1.82, 2.24) is 9.88 Å². The number of benzene rings is 1. The Labute approximate surface area is 149 Å². The van der Waals surface area contributed by atoms with Crippen molar-refractivity contribution in [1.29, 1.82) is 0 Å². The van der Waals surface area contributed by atoms with Gasteiger partial charge in [-0.05, 0) is 24.3 Å². The van der Waals surface area contributed by atoms with Gasteiger partial charge in [-0.1, -0.05) is 31.0 Å². The Hall–Kier alpha value is -2.30. The summed E-state index contributed by atoms with van der Waals surface area (Å²) in [7, 11) is 2.00. The van der Waals surface area contributed by atoms with Crippen LogP contribution in [0.3, 0.4) is 0 Å². The van der Waals surface area contributed by atoms with Crippen molar-refractivity contribution in [3.8, 4) is 5.75 Å². The number of phenolic OH excluding ortho intramolecular Hbond substituents is 1. The standard InChI is InChI=1S/C20H27N3O2/c1-15-22(2)12-13-23(15)11-10-21-19(24)14-17-8-5-9-18(20(17)25)16-6-3-4-7-16/h5,8-9,12-13,16H,3-4,6-7,10-11,14H2,1-2H3,(H-,21,24,25)/p+1. The van der Waals surface area contributed by atoms with Crippen LogP contribution in [-0.4, -0.2) is 22.1 Å². The quantitative estimate of drug-likeness (QED) is 0.792. The molecule has 5 nitrogen and oxygen atoms in total. The van der Waals surface area contributed by atoms with E-state index < -0.39 is 0 Å². The summed E-state index contributed by atoms with van der Waals surface area (Å²) in [6, 6.07) is 5.81. The molecule has 1 saturated carbocycles. The molecular formula is C20H28N3O2+. The number of nitrogens with zero attached hydrogens (tertiary/aromatic N) is 2.